The summed E-state index contributed by atoms with van der Waals surface area (Å²) in [7, 11) is 0. The first-order chi connectivity index (χ1) is 12.2. The van der Waals surface area contributed by atoms with E-state index < -0.39 is 35.6 Å². The van der Waals surface area contributed by atoms with Crippen LogP contribution in [-0.2, 0) is 14.4 Å². The highest BCUT2D eigenvalue weighted by atomic mass is 16.3. The zero-order chi connectivity index (χ0) is 19.3. The van der Waals surface area contributed by atoms with E-state index in [9.17, 15) is 29.7 Å². The summed E-state index contributed by atoms with van der Waals surface area (Å²) in [5, 5.41) is 31.0. The van der Waals surface area contributed by atoms with Crippen LogP contribution in [0.5, 0.6) is 0 Å². The standard InChI is InChI=1S/C20H30O6/c1-19(6-3-7-21)16(25)5-4-11-13-8-12(15(24)10-22)18(26)20(13,2)9-14(23)17(11)19/h7,11-14,17-18,22-23,26H,3-6,8-10H2,1-2H3. The number of aliphatic hydroxyl groups excluding tert-OH is 3. The van der Waals surface area contributed by atoms with Crippen LogP contribution in [0, 0.1) is 34.5 Å². The average molecular weight is 366 g/mol. The predicted molar refractivity (Wildman–Crippen MR) is 93.1 cm³/mol. The van der Waals surface area contributed by atoms with Gasteiger partial charge < -0.3 is 20.1 Å². The predicted octanol–water partition coefficient (Wildman–Crippen LogP) is 0.896. The lowest BCUT2D eigenvalue weighted by Crippen LogP contribution is -2.58. The van der Waals surface area contributed by atoms with Crippen LogP contribution in [-0.4, -0.2) is 52.0 Å². The van der Waals surface area contributed by atoms with E-state index >= 15 is 0 Å². The van der Waals surface area contributed by atoms with Gasteiger partial charge in [-0.25, -0.2) is 0 Å². The number of aldehydes is 1. The Bertz CT molecular complexity index is 603. The van der Waals surface area contributed by atoms with E-state index in [2.05, 4.69) is 0 Å². The molecule has 0 aromatic carbocycles. The highest BCUT2D eigenvalue weighted by Crippen LogP contribution is 2.63. The quantitative estimate of drug-likeness (QED) is 0.623. The van der Waals surface area contributed by atoms with Gasteiger partial charge in [0.05, 0.1) is 12.2 Å². The lowest BCUT2D eigenvalue weighted by molar-refractivity contribution is -0.169. The molecule has 146 valence electrons. The van der Waals surface area contributed by atoms with E-state index in [4.69, 9.17) is 0 Å². The van der Waals surface area contributed by atoms with Crippen LogP contribution in [0.4, 0.5) is 0 Å². The zero-order valence-corrected chi connectivity index (χ0v) is 15.6. The van der Waals surface area contributed by atoms with Gasteiger partial charge in [0.15, 0.2) is 5.78 Å². The molecular weight excluding hydrogens is 336 g/mol. The number of Topliss-reactive ketones (excluding diaryl/α,β-unsaturated/α-hetero) is 2. The van der Waals surface area contributed by atoms with Gasteiger partial charge in [-0.1, -0.05) is 13.8 Å². The van der Waals surface area contributed by atoms with E-state index in [0.29, 0.717) is 32.1 Å². The molecule has 3 N–H and O–H groups in total. The summed E-state index contributed by atoms with van der Waals surface area (Å²) in [4.78, 5) is 35.7. The molecule has 0 bridgehead atoms. The van der Waals surface area contributed by atoms with Crippen LogP contribution >= 0.6 is 0 Å². The van der Waals surface area contributed by atoms with Gasteiger partial charge >= 0.3 is 0 Å². The molecule has 6 heteroatoms. The van der Waals surface area contributed by atoms with Crippen molar-refractivity contribution in [3.63, 3.8) is 0 Å². The highest BCUT2D eigenvalue weighted by Gasteiger charge is 2.65. The van der Waals surface area contributed by atoms with Gasteiger partial charge in [0.2, 0.25) is 0 Å². The largest absolute Gasteiger partial charge is 0.393 e. The van der Waals surface area contributed by atoms with Crippen molar-refractivity contribution in [2.75, 3.05) is 6.61 Å². The third kappa shape index (κ3) is 2.69. The Balaban J connectivity index is 1.96. The Labute approximate surface area is 154 Å². The van der Waals surface area contributed by atoms with Crippen molar-refractivity contribution < 1.29 is 29.7 Å². The molecule has 3 rings (SSSR count). The summed E-state index contributed by atoms with van der Waals surface area (Å²) in [6, 6.07) is 0. The summed E-state index contributed by atoms with van der Waals surface area (Å²) in [6.07, 6.45) is 1.77. The van der Waals surface area contributed by atoms with Gasteiger partial charge in [-0.15, -0.1) is 0 Å². The van der Waals surface area contributed by atoms with Gasteiger partial charge in [0.25, 0.3) is 0 Å². The fourth-order valence-electron chi connectivity index (χ4n) is 6.54. The van der Waals surface area contributed by atoms with Crippen LogP contribution in [0.25, 0.3) is 0 Å². The summed E-state index contributed by atoms with van der Waals surface area (Å²) in [5.74, 6) is -1.06. The second kappa shape index (κ2) is 6.80. The molecule has 0 heterocycles. The summed E-state index contributed by atoms with van der Waals surface area (Å²) in [5.41, 5.74) is -1.34. The molecule has 3 aliphatic rings. The average Bonchev–Trinajstić information content (AvgIpc) is 2.87. The maximum atomic E-state index is 12.7. The number of fused-ring (bicyclic) bond motifs is 3. The summed E-state index contributed by atoms with van der Waals surface area (Å²) < 4.78 is 0. The minimum Gasteiger partial charge on any atom is -0.393 e. The Morgan fingerprint density at radius 3 is 2.62 bits per heavy atom. The normalized spacial score (nSPS) is 48.0. The van der Waals surface area contributed by atoms with Crippen molar-refractivity contribution in [1.82, 2.24) is 0 Å². The van der Waals surface area contributed by atoms with Crippen molar-refractivity contribution in [2.45, 2.75) is 64.6 Å². The SMILES string of the molecule is CC1(CCC=O)C(=O)CCC2C1C(O)CC1(C)C(O)C(C(=O)CO)CC21. The molecule has 6 nitrogen and oxygen atoms in total. The van der Waals surface area contributed by atoms with Crippen LogP contribution < -0.4 is 0 Å². The minimum atomic E-state index is -0.887. The van der Waals surface area contributed by atoms with Crippen molar-refractivity contribution >= 4 is 17.9 Å². The molecule has 8 unspecified atom stereocenters. The first kappa shape index (κ1) is 19.6. The first-order valence-electron chi connectivity index (χ1n) is 9.67. The monoisotopic (exact) mass is 366 g/mol. The molecule has 26 heavy (non-hydrogen) atoms. The van der Waals surface area contributed by atoms with Gasteiger partial charge in [0, 0.05) is 30.1 Å². The number of hydrogen-bond donors (Lipinski definition) is 3. The highest BCUT2D eigenvalue weighted by molar-refractivity contribution is 5.86. The van der Waals surface area contributed by atoms with Crippen LogP contribution in [0.1, 0.15) is 52.4 Å². The van der Waals surface area contributed by atoms with E-state index in [1.165, 1.54) is 0 Å². The maximum absolute atomic E-state index is 12.7. The number of ketones is 2. The van der Waals surface area contributed by atoms with E-state index in [-0.39, 0.29) is 35.7 Å². The lowest BCUT2D eigenvalue weighted by atomic mass is 9.48. The summed E-state index contributed by atoms with van der Waals surface area (Å²) in [6.45, 7) is 3.20. The molecule has 0 aliphatic heterocycles. The third-order valence-electron chi connectivity index (χ3n) is 7.88. The minimum absolute atomic E-state index is 0.0232. The number of rotatable bonds is 5. The molecule has 0 aromatic heterocycles. The first-order valence-corrected chi connectivity index (χ1v) is 9.67. The number of hydrogen-bond acceptors (Lipinski definition) is 6. The molecule has 8 atom stereocenters. The van der Waals surface area contributed by atoms with Crippen molar-refractivity contribution in [2.24, 2.45) is 34.5 Å². The molecule has 3 fully saturated rings. The second-order valence-corrected chi connectivity index (χ2v) is 9.07. The molecular formula is C20H30O6. The fraction of sp³-hybridized carbons (Fsp3) is 0.850. The molecule has 3 aliphatic carbocycles. The molecule has 0 aromatic rings. The third-order valence-corrected chi connectivity index (χ3v) is 7.88. The number of carbonyl (C=O) groups excluding carboxylic acids is 3. The van der Waals surface area contributed by atoms with Crippen LogP contribution in [0.15, 0.2) is 0 Å². The van der Waals surface area contributed by atoms with E-state index in [1.807, 2.05) is 13.8 Å². The van der Waals surface area contributed by atoms with Crippen molar-refractivity contribution in [3.8, 4) is 0 Å². The Hall–Kier alpha value is -1.11. The van der Waals surface area contributed by atoms with Crippen molar-refractivity contribution in [3.05, 3.63) is 0 Å². The lowest BCUT2D eigenvalue weighted by Gasteiger charge is -2.57. The Morgan fingerprint density at radius 1 is 1.31 bits per heavy atom. The number of carbonyl (C=O) groups is 3. The molecule has 3 saturated carbocycles. The van der Waals surface area contributed by atoms with E-state index in [0.717, 1.165) is 6.29 Å². The van der Waals surface area contributed by atoms with Crippen LogP contribution in [0.2, 0.25) is 0 Å². The zero-order valence-electron chi connectivity index (χ0n) is 15.6. The van der Waals surface area contributed by atoms with Gasteiger partial charge in [-0.05, 0) is 42.9 Å². The smallest absolute Gasteiger partial charge is 0.163 e. The second-order valence-electron chi connectivity index (χ2n) is 9.07. The molecule has 0 saturated heterocycles. The Kier molecular flexibility index (Phi) is 5.14. The Morgan fingerprint density at radius 2 is 2.00 bits per heavy atom. The van der Waals surface area contributed by atoms with Gasteiger partial charge in [0.1, 0.15) is 18.7 Å². The van der Waals surface area contributed by atoms with Gasteiger partial charge in [-0.3, -0.25) is 9.59 Å². The summed E-state index contributed by atoms with van der Waals surface area (Å²) >= 11 is 0. The van der Waals surface area contributed by atoms with Crippen LogP contribution in [0.3, 0.4) is 0 Å². The van der Waals surface area contributed by atoms with E-state index in [1.54, 1.807) is 0 Å². The topological polar surface area (TPSA) is 112 Å². The molecule has 0 radical (unpaired) electrons. The molecule has 0 amide bonds. The fourth-order valence-corrected chi connectivity index (χ4v) is 6.54. The van der Waals surface area contributed by atoms with Crippen molar-refractivity contribution in [1.29, 1.82) is 0 Å². The maximum Gasteiger partial charge on any atom is 0.163 e. The molecule has 0 spiro atoms. The van der Waals surface area contributed by atoms with Gasteiger partial charge in [-0.2, -0.15) is 0 Å². The number of aliphatic hydroxyl groups is 3.